The molecule has 4 heteroatoms. The van der Waals surface area contributed by atoms with Crippen LogP contribution in [0.15, 0.2) is 18.2 Å². The lowest BCUT2D eigenvalue weighted by Gasteiger charge is -2.29. The molecular formula is C17H30N2O2. The number of nitrogens with zero attached hydrogens (tertiary/aromatic N) is 1. The van der Waals surface area contributed by atoms with Crippen molar-refractivity contribution >= 4 is 5.69 Å². The van der Waals surface area contributed by atoms with Crippen LogP contribution in [-0.2, 0) is 16.0 Å². The summed E-state index contributed by atoms with van der Waals surface area (Å²) >= 11 is 0. The third kappa shape index (κ3) is 6.04. The summed E-state index contributed by atoms with van der Waals surface area (Å²) in [6.45, 7) is 10.8. The van der Waals surface area contributed by atoms with E-state index in [4.69, 9.17) is 9.47 Å². The molecule has 0 aliphatic heterocycles. The van der Waals surface area contributed by atoms with Gasteiger partial charge in [0.1, 0.15) is 0 Å². The maximum absolute atomic E-state index is 5.21. The zero-order valence-corrected chi connectivity index (χ0v) is 14.1. The van der Waals surface area contributed by atoms with Crippen molar-refractivity contribution < 1.29 is 9.47 Å². The van der Waals surface area contributed by atoms with Gasteiger partial charge in [0.15, 0.2) is 0 Å². The second-order valence-corrected chi connectivity index (χ2v) is 5.56. The van der Waals surface area contributed by atoms with Crippen molar-refractivity contribution in [2.45, 2.75) is 33.4 Å². The maximum atomic E-state index is 5.21. The summed E-state index contributed by atoms with van der Waals surface area (Å²) in [5, 5.41) is 3.39. The van der Waals surface area contributed by atoms with Gasteiger partial charge in [0.05, 0.1) is 13.2 Å². The lowest BCUT2D eigenvalue weighted by atomic mass is 10.1. The smallest absolute Gasteiger partial charge is 0.0637 e. The van der Waals surface area contributed by atoms with Gasteiger partial charge in [-0.1, -0.05) is 6.07 Å². The molecule has 1 aromatic carbocycles. The minimum absolute atomic E-state index is 0.463. The lowest BCUT2D eigenvalue weighted by Crippen LogP contribution is -2.33. The Morgan fingerprint density at radius 1 is 1.14 bits per heavy atom. The number of rotatable bonds is 10. The summed E-state index contributed by atoms with van der Waals surface area (Å²) in [5.74, 6) is 0. The van der Waals surface area contributed by atoms with Crippen LogP contribution in [-0.4, -0.2) is 46.6 Å². The number of methoxy groups -OCH3 is 2. The van der Waals surface area contributed by atoms with Crippen LogP contribution in [0.2, 0.25) is 0 Å². The molecular weight excluding hydrogens is 264 g/mol. The monoisotopic (exact) mass is 294 g/mol. The van der Waals surface area contributed by atoms with E-state index in [0.29, 0.717) is 6.04 Å². The minimum atomic E-state index is 0.463. The van der Waals surface area contributed by atoms with Crippen LogP contribution in [0.3, 0.4) is 0 Å². The highest BCUT2D eigenvalue weighted by atomic mass is 16.5. The van der Waals surface area contributed by atoms with Crippen LogP contribution >= 0.6 is 0 Å². The normalized spacial score (nSPS) is 11.1. The van der Waals surface area contributed by atoms with Crippen molar-refractivity contribution in [2.24, 2.45) is 0 Å². The third-order valence-electron chi connectivity index (χ3n) is 3.62. The van der Waals surface area contributed by atoms with E-state index in [-0.39, 0.29) is 0 Å². The van der Waals surface area contributed by atoms with E-state index in [2.05, 4.69) is 49.2 Å². The number of hydrogen-bond donors (Lipinski definition) is 1. The topological polar surface area (TPSA) is 33.7 Å². The van der Waals surface area contributed by atoms with E-state index in [1.54, 1.807) is 14.2 Å². The molecule has 1 rings (SSSR count). The van der Waals surface area contributed by atoms with Crippen LogP contribution in [0.25, 0.3) is 0 Å². The van der Waals surface area contributed by atoms with Gasteiger partial charge in [-0.2, -0.15) is 0 Å². The predicted molar refractivity (Wildman–Crippen MR) is 89.1 cm³/mol. The van der Waals surface area contributed by atoms with Crippen LogP contribution in [0.1, 0.15) is 25.0 Å². The first-order valence-corrected chi connectivity index (χ1v) is 7.65. The Labute approximate surface area is 129 Å². The standard InChI is InChI=1S/C17H30N2O2/c1-14(2)19(9-11-21-5)17-7-6-16(15(3)12-17)13-18-8-10-20-4/h6-7,12,14,18H,8-11,13H2,1-5H3. The maximum Gasteiger partial charge on any atom is 0.0637 e. The van der Waals surface area contributed by atoms with Crippen molar-refractivity contribution in [1.82, 2.24) is 5.32 Å². The van der Waals surface area contributed by atoms with Crippen molar-refractivity contribution in [2.75, 3.05) is 45.4 Å². The third-order valence-corrected chi connectivity index (χ3v) is 3.62. The van der Waals surface area contributed by atoms with E-state index < -0.39 is 0 Å². The number of benzene rings is 1. The molecule has 1 aromatic rings. The van der Waals surface area contributed by atoms with Gasteiger partial charge in [-0.25, -0.2) is 0 Å². The Balaban J connectivity index is 2.70. The second-order valence-electron chi connectivity index (χ2n) is 5.56. The van der Waals surface area contributed by atoms with E-state index in [0.717, 1.165) is 32.8 Å². The molecule has 0 aliphatic carbocycles. The highest BCUT2D eigenvalue weighted by Crippen LogP contribution is 2.21. The molecule has 0 atom stereocenters. The largest absolute Gasteiger partial charge is 0.383 e. The quantitative estimate of drug-likeness (QED) is 0.673. The first kappa shape index (κ1) is 18.0. The van der Waals surface area contributed by atoms with Crippen molar-refractivity contribution in [1.29, 1.82) is 0 Å². The van der Waals surface area contributed by atoms with Gasteiger partial charge in [0.2, 0.25) is 0 Å². The summed E-state index contributed by atoms with van der Waals surface area (Å²) in [6, 6.07) is 7.15. The highest BCUT2D eigenvalue weighted by molar-refractivity contribution is 5.51. The van der Waals surface area contributed by atoms with Crippen molar-refractivity contribution in [3.8, 4) is 0 Å². The van der Waals surface area contributed by atoms with Crippen LogP contribution in [0.5, 0.6) is 0 Å². The number of anilines is 1. The van der Waals surface area contributed by atoms with Gasteiger partial charge in [0, 0.05) is 45.6 Å². The zero-order valence-electron chi connectivity index (χ0n) is 14.1. The molecule has 120 valence electrons. The Morgan fingerprint density at radius 2 is 1.86 bits per heavy atom. The molecule has 0 aliphatic rings. The fraction of sp³-hybridized carbons (Fsp3) is 0.647. The van der Waals surface area contributed by atoms with Gasteiger partial charge in [-0.15, -0.1) is 0 Å². The van der Waals surface area contributed by atoms with Crippen LogP contribution in [0, 0.1) is 6.92 Å². The SMILES string of the molecule is COCCNCc1ccc(N(CCOC)C(C)C)cc1C. The van der Waals surface area contributed by atoms with E-state index in [1.807, 2.05) is 0 Å². The lowest BCUT2D eigenvalue weighted by molar-refractivity contribution is 0.199. The fourth-order valence-electron chi connectivity index (χ4n) is 2.33. The molecule has 0 bridgehead atoms. The summed E-state index contributed by atoms with van der Waals surface area (Å²) in [4.78, 5) is 2.37. The first-order valence-electron chi connectivity index (χ1n) is 7.65. The predicted octanol–water partition coefficient (Wildman–Crippen LogP) is 2.59. The molecule has 4 nitrogen and oxygen atoms in total. The van der Waals surface area contributed by atoms with E-state index in [9.17, 15) is 0 Å². The highest BCUT2D eigenvalue weighted by Gasteiger charge is 2.11. The number of aryl methyl sites for hydroxylation is 1. The van der Waals surface area contributed by atoms with Crippen molar-refractivity contribution in [3.63, 3.8) is 0 Å². The number of hydrogen-bond acceptors (Lipinski definition) is 4. The molecule has 0 aromatic heterocycles. The van der Waals surface area contributed by atoms with Gasteiger partial charge >= 0.3 is 0 Å². The Kier molecular flexibility index (Phi) is 8.35. The fourth-order valence-corrected chi connectivity index (χ4v) is 2.33. The van der Waals surface area contributed by atoms with Crippen molar-refractivity contribution in [3.05, 3.63) is 29.3 Å². The zero-order chi connectivity index (χ0) is 15.7. The molecule has 1 N–H and O–H groups in total. The number of ether oxygens (including phenoxy) is 2. The second kappa shape index (κ2) is 9.77. The molecule has 0 radical (unpaired) electrons. The summed E-state index contributed by atoms with van der Waals surface area (Å²) in [6.07, 6.45) is 0. The van der Waals surface area contributed by atoms with E-state index in [1.165, 1.54) is 16.8 Å². The van der Waals surface area contributed by atoms with Crippen LogP contribution < -0.4 is 10.2 Å². The Hall–Kier alpha value is -1.10. The van der Waals surface area contributed by atoms with Gasteiger partial charge < -0.3 is 19.7 Å². The summed E-state index contributed by atoms with van der Waals surface area (Å²) in [5.41, 5.74) is 3.92. The molecule has 0 fully saturated rings. The average molecular weight is 294 g/mol. The molecule has 0 saturated carbocycles. The number of nitrogens with one attached hydrogen (secondary N) is 1. The van der Waals surface area contributed by atoms with Gasteiger partial charge in [0.25, 0.3) is 0 Å². The molecule has 0 saturated heterocycles. The molecule has 0 spiro atoms. The van der Waals surface area contributed by atoms with E-state index >= 15 is 0 Å². The average Bonchev–Trinajstić information content (AvgIpc) is 2.45. The molecule has 0 unspecified atom stereocenters. The summed E-state index contributed by atoms with van der Waals surface area (Å²) in [7, 11) is 3.47. The minimum Gasteiger partial charge on any atom is -0.383 e. The Bertz CT molecular complexity index is 408. The first-order chi connectivity index (χ1) is 10.1. The van der Waals surface area contributed by atoms with Crippen LogP contribution in [0.4, 0.5) is 5.69 Å². The molecule has 21 heavy (non-hydrogen) atoms. The molecule has 0 amide bonds. The Morgan fingerprint density at radius 3 is 2.43 bits per heavy atom. The van der Waals surface area contributed by atoms with Gasteiger partial charge in [-0.05, 0) is 44.0 Å². The van der Waals surface area contributed by atoms with Gasteiger partial charge in [-0.3, -0.25) is 0 Å². The molecule has 0 heterocycles. The summed E-state index contributed by atoms with van der Waals surface area (Å²) < 4.78 is 10.3.